The van der Waals surface area contributed by atoms with Gasteiger partial charge in [0.1, 0.15) is 11.7 Å². The molecule has 2 amide bonds. The van der Waals surface area contributed by atoms with Gasteiger partial charge in [-0.3, -0.25) is 9.59 Å². The van der Waals surface area contributed by atoms with Crippen molar-refractivity contribution in [3.05, 3.63) is 71.4 Å². The topological polar surface area (TPSA) is 107 Å². The van der Waals surface area contributed by atoms with Crippen LogP contribution in [0.25, 0.3) is 6.08 Å². The lowest BCUT2D eigenvalue weighted by Crippen LogP contribution is -2.47. The molecule has 168 valence electrons. The van der Waals surface area contributed by atoms with Crippen molar-refractivity contribution >= 4 is 33.6 Å². The molecule has 0 aromatic heterocycles. The summed E-state index contributed by atoms with van der Waals surface area (Å²) in [4.78, 5) is 27.3. The van der Waals surface area contributed by atoms with Crippen molar-refractivity contribution in [3.63, 3.8) is 0 Å². The van der Waals surface area contributed by atoms with E-state index < -0.39 is 39.6 Å². The van der Waals surface area contributed by atoms with Crippen molar-refractivity contribution in [2.24, 2.45) is 5.92 Å². The Morgan fingerprint density at radius 1 is 1.12 bits per heavy atom. The van der Waals surface area contributed by atoms with Crippen LogP contribution in [0.4, 0.5) is 10.1 Å². The lowest BCUT2D eigenvalue weighted by molar-refractivity contribution is -0.133. The fourth-order valence-corrected chi connectivity index (χ4v) is 3.83. The van der Waals surface area contributed by atoms with E-state index in [1.807, 2.05) is 10.8 Å². The summed E-state index contributed by atoms with van der Waals surface area (Å²) in [5.41, 5.74) is 0.970. The summed E-state index contributed by atoms with van der Waals surface area (Å²) in [5, 5.41) is 9.78. The number of nitrogens with one attached hydrogen (secondary N) is 1. The molecule has 9 heteroatoms. The van der Waals surface area contributed by atoms with E-state index in [1.165, 1.54) is 35.2 Å². The van der Waals surface area contributed by atoms with E-state index >= 15 is 0 Å². The molecule has 2 aromatic rings. The van der Waals surface area contributed by atoms with Gasteiger partial charge < -0.3 is 4.90 Å². The molecule has 0 fully saturated rings. The van der Waals surface area contributed by atoms with Crippen LogP contribution in [0, 0.1) is 23.1 Å². The first-order chi connectivity index (χ1) is 15.1. The highest BCUT2D eigenvalue weighted by Gasteiger charge is 2.34. The smallest absolute Gasteiger partial charge is 0.257 e. The van der Waals surface area contributed by atoms with Gasteiger partial charge in [-0.1, -0.05) is 30.3 Å². The van der Waals surface area contributed by atoms with E-state index in [4.69, 9.17) is 5.26 Å². The summed E-state index contributed by atoms with van der Waals surface area (Å²) in [6, 6.07) is 15.2. The lowest BCUT2D eigenvalue weighted by atomic mass is 10.00. The van der Waals surface area contributed by atoms with E-state index in [1.54, 1.807) is 44.2 Å². The molecule has 1 N–H and O–H groups in total. The molecule has 0 aliphatic heterocycles. The van der Waals surface area contributed by atoms with Crippen LogP contribution in [0.1, 0.15) is 32.3 Å². The Morgan fingerprint density at radius 3 is 2.31 bits per heavy atom. The zero-order valence-corrected chi connectivity index (χ0v) is 18.5. The van der Waals surface area contributed by atoms with Crippen molar-refractivity contribution in [1.82, 2.24) is 4.72 Å². The summed E-state index contributed by atoms with van der Waals surface area (Å²) >= 11 is 0. The molecule has 0 aliphatic rings. The van der Waals surface area contributed by atoms with Crippen LogP contribution in [0.15, 0.2) is 60.0 Å². The largest absolute Gasteiger partial charge is 0.309 e. The van der Waals surface area contributed by atoms with Gasteiger partial charge in [-0.2, -0.15) is 5.26 Å². The molecule has 32 heavy (non-hydrogen) atoms. The van der Waals surface area contributed by atoms with E-state index in [0.717, 1.165) is 5.41 Å². The number of rotatable bonds is 9. The van der Waals surface area contributed by atoms with Crippen molar-refractivity contribution in [3.8, 4) is 6.07 Å². The molecule has 2 rings (SSSR count). The van der Waals surface area contributed by atoms with Crippen LogP contribution in [0.2, 0.25) is 0 Å². The zero-order valence-electron chi connectivity index (χ0n) is 17.7. The number of benzene rings is 2. The summed E-state index contributed by atoms with van der Waals surface area (Å²) in [6.07, 6.45) is 1.03. The van der Waals surface area contributed by atoms with Crippen LogP contribution in [0.5, 0.6) is 0 Å². The van der Waals surface area contributed by atoms with Gasteiger partial charge in [0.2, 0.25) is 11.8 Å². The predicted octanol–water partition coefficient (Wildman–Crippen LogP) is 3.60. The summed E-state index contributed by atoms with van der Waals surface area (Å²) < 4.78 is 40.0. The normalized spacial score (nSPS) is 12.3. The average Bonchev–Trinajstić information content (AvgIpc) is 2.74. The number of amides is 2. The number of carbonyl (C=O) groups excluding carboxylic acids is 2. The van der Waals surface area contributed by atoms with Gasteiger partial charge in [-0.25, -0.2) is 17.5 Å². The van der Waals surface area contributed by atoms with Crippen LogP contribution in [-0.2, 0) is 19.6 Å². The molecule has 0 radical (unpaired) electrons. The highest BCUT2D eigenvalue weighted by molar-refractivity contribution is 7.93. The molecule has 0 spiro atoms. The van der Waals surface area contributed by atoms with E-state index in [0.29, 0.717) is 11.3 Å². The molecule has 0 bridgehead atoms. The number of nitriles is 1. The van der Waals surface area contributed by atoms with Crippen molar-refractivity contribution < 1.29 is 22.4 Å². The first-order valence-corrected chi connectivity index (χ1v) is 11.4. The minimum absolute atomic E-state index is 0.126. The molecule has 7 nitrogen and oxygen atoms in total. The highest BCUT2D eigenvalue weighted by atomic mass is 32.2. The Balaban J connectivity index is 2.27. The van der Waals surface area contributed by atoms with Gasteiger partial charge in [-0.05, 0) is 56.2 Å². The third kappa shape index (κ3) is 7.03. The fourth-order valence-electron chi connectivity index (χ4n) is 3.00. The molecule has 2 aromatic carbocycles. The Kier molecular flexibility index (Phi) is 8.67. The molecule has 0 saturated heterocycles. The number of halogens is 1. The SMILES string of the molecule is CC(C)N(C(=O)C(CCC#N)C(=O)NS(=O)(=O)C=Cc1ccccc1)c1ccc(F)cc1. The van der Waals surface area contributed by atoms with E-state index in [9.17, 15) is 22.4 Å². The lowest BCUT2D eigenvalue weighted by Gasteiger charge is -2.30. The second kappa shape index (κ2) is 11.2. The highest BCUT2D eigenvalue weighted by Crippen LogP contribution is 2.22. The number of hydrogen-bond acceptors (Lipinski definition) is 5. The molecule has 0 saturated carbocycles. The Labute approximate surface area is 187 Å². The minimum atomic E-state index is -4.18. The van der Waals surface area contributed by atoms with Crippen LogP contribution in [-0.4, -0.2) is 26.3 Å². The van der Waals surface area contributed by atoms with Crippen LogP contribution >= 0.6 is 0 Å². The number of carbonyl (C=O) groups is 2. The quantitative estimate of drug-likeness (QED) is 0.579. The molecule has 1 unspecified atom stereocenters. The average molecular weight is 458 g/mol. The summed E-state index contributed by atoms with van der Waals surface area (Å²) in [6.45, 7) is 3.42. The maximum absolute atomic E-state index is 13.3. The summed E-state index contributed by atoms with van der Waals surface area (Å²) in [5.74, 6) is -3.61. The van der Waals surface area contributed by atoms with Crippen molar-refractivity contribution in [2.45, 2.75) is 32.7 Å². The zero-order chi connectivity index (χ0) is 23.7. The minimum Gasteiger partial charge on any atom is -0.309 e. The Bertz CT molecular complexity index is 1110. The van der Waals surface area contributed by atoms with Crippen LogP contribution in [0.3, 0.4) is 0 Å². The maximum Gasteiger partial charge on any atom is 0.257 e. The predicted molar refractivity (Wildman–Crippen MR) is 120 cm³/mol. The van der Waals surface area contributed by atoms with Gasteiger partial charge in [0.05, 0.1) is 11.5 Å². The molecular weight excluding hydrogens is 433 g/mol. The molecule has 0 heterocycles. The van der Waals surface area contributed by atoms with Crippen molar-refractivity contribution in [1.29, 1.82) is 5.26 Å². The maximum atomic E-state index is 13.3. The second-order valence-electron chi connectivity index (χ2n) is 7.25. The Morgan fingerprint density at radius 2 is 1.75 bits per heavy atom. The molecular formula is C23H24FN3O4S. The van der Waals surface area contributed by atoms with Gasteiger partial charge in [0.15, 0.2) is 0 Å². The number of sulfonamides is 1. The van der Waals surface area contributed by atoms with Gasteiger partial charge in [0.25, 0.3) is 10.0 Å². The fraction of sp³-hybridized carbons (Fsp3) is 0.261. The number of anilines is 1. The first-order valence-electron chi connectivity index (χ1n) is 9.90. The van der Waals surface area contributed by atoms with E-state index in [-0.39, 0.29) is 12.8 Å². The van der Waals surface area contributed by atoms with Gasteiger partial charge in [-0.15, -0.1) is 0 Å². The van der Waals surface area contributed by atoms with E-state index in [2.05, 4.69) is 0 Å². The third-order valence-corrected chi connectivity index (χ3v) is 5.48. The molecule has 0 aliphatic carbocycles. The standard InChI is InChI=1S/C23H24FN3O4S/c1-17(2)27(20-12-10-19(24)11-13-20)23(29)21(9-6-15-25)22(28)26-32(30,31)16-14-18-7-4-3-5-8-18/h3-5,7-8,10-14,16-17,21H,6,9H2,1-2H3,(H,26,28). The second-order valence-corrected chi connectivity index (χ2v) is 8.82. The van der Waals surface area contributed by atoms with Crippen molar-refractivity contribution in [2.75, 3.05) is 4.90 Å². The van der Waals surface area contributed by atoms with Gasteiger partial charge >= 0.3 is 0 Å². The monoisotopic (exact) mass is 457 g/mol. The molecule has 1 atom stereocenters. The van der Waals surface area contributed by atoms with Gasteiger partial charge in [0, 0.05) is 18.2 Å². The third-order valence-electron chi connectivity index (χ3n) is 4.50. The Hall–Kier alpha value is -3.51. The van der Waals surface area contributed by atoms with Crippen LogP contribution < -0.4 is 9.62 Å². The number of hydrogen-bond donors (Lipinski definition) is 1. The number of nitrogens with zero attached hydrogens (tertiary/aromatic N) is 2. The first kappa shape index (κ1) is 24.8. The summed E-state index contributed by atoms with van der Waals surface area (Å²) in [7, 11) is -4.18.